The summed E-state index contributed by atoms with van der Waals surface area (Å²) in [5.74, 6) is -0.258. The van der Waals surface area contributed by atoms with Gasteiger partial charge < -0.3 is 4.90 Å². The van der Waals surface area contributed by atoms with Crippen LogP contribution in [0.1, 0.15) is 20.9 Å². The molecule has 6 nitrogen and oxygen atoms in total. The Morgan fingerprint density at radius 1 is 1.03 bits per heavy atom. The Kier molecular flexibility index (Phi) is 7.80. The lowest BCUT2D eigenvalue weighted by molar-refractivity contribution is -0.131. The highest BCUT2D eigenvalue weighted by atomic mass is 32.2. The molecular formula is C24H25N3O3S2. The number of likely N-dealkylation sites (N-methyl/N-ethyl adjacent to an activating group) is 1. The van der Waals surface area contributed by atoms with Crippen molar-refractivity contribution in [3.05, 3.63) is 87.6 Å². The molecule has 0 aliphatic rings. The fraction of sp³-hybridized carbons (Fsp3) is 0.250. The Balaban J connectivity index is 1.74. The van der Waals surface area contributed by atoms with E-state index in [4.69, 9.17) is 5.26 Å². The van der Waals surface area contributed by atoms with Crippen molar-refractivity contribution in [3.8, 4) is 6.07 Å². The molecule has 3 aromatic rings. The number of sulfonamides is 1. The van der Waals surface area contributed by atoms with E-state index in [1.807, 2.05) is 55.5 Å². The summed E-state index contributed by atoms with van der Waals surface area (Å²) in [4.78, 5) is 17.1. The number of nitrogens with zero attached hydrogens (tertiary/aromatic N) is 3. The van der Waals surface area contributed by atoms with Gasteiger partial charge in [0.05, 0.1) is 29.6 Å². The summed E-state index contributed by atoms with van der Waals surface area (Å²) in [6, 6.07) is 21.6. The van der Waals surface area contributed by atoms with Gasteiger partial charge in [-0.05, 0) is 55.3 Å². The monoisotopic (exact) mass is 467 g/mol. The maximum absolute atomic E-state index is 13.1. The van der Waals surface area contributed by atoms with Crippen molar-refractivity contribution in [1.82, 2.24) is 9.21 Å². The molecule has 0 atom stereocenters. The Hall–Kier alpha value is -2.99. The van der Waals surface area contributed by atoms with E-state index in [9.17, 15) is 13.2 Å². The van der Waals surface area contributed by atoms with Crippen molar-refractivity contribution in [2.75, 3.05) is 20.1 Å². The zero-order chi connectivity index (χ0) is 23.1. The molecule has 1 aromatic heterocycles. The van der Waals surface area contributed by atoms with Crippen molar-refractivity contribution in [2.45, 2.75) is 24.8 Å². The number of nitriles is 1. The lowest BCUT2D eigenvalue weighted by Crippen LogP contribution is -2.41. The molecule has 0 spiro atoms. The molecule has 2 aromatic carbocycles. The predicted molar refractivity (Wildman–Crippen MR) is 126 cm³/mol. The van der Waals surface area contributed by atoms with Crippen molar-refractivity contribution >= 4 is 27.3 Å². The van der Waals surface area contributed by atoms with Crippen LogP contribution in [0, 0.1) is 18.3 Å². The standard InChI is InChI=1S/C24H25N3O3S2/c1-19-8-11-22(31-19)17-27(15-14-20-6-4-3-5-7-20)24(28)18-26(2)32(29,30)23-12-9-21(16-25)10-13-23/h3-13H,14-15,17-18H2,1-2H3. The smallest absolute Gasteiger partial charge is 0.243 e. The van der Waals surface area contributed by atoms with E-state index in [1.54, 1.807) is 16.2 Å². The molecule has 1 heterocycles. The van der Waals surface area contributed by atoms with Crippen LogP contribution in [0.5, 0.6) is 0 Å². The van der Waals surface area contributed by atoms with E-state index in [2.05, 4.69) is 0 Å². The lowest BCUT2D eigenvalue weighted by atomic mass is 10.1. The molecule has 3 rings (SSSR count). The van der Waals surface area contributed by atoms with Gasteiger partial charge in [-0.25, -0.2) is 8.42 Å². The Morgan fingerprint density at radius 3 is 2.31 bits per heavy atom. The maximum Gasteiger partial charge on any atom is 0.243 e. The minimum Gasteiger partial charge on any atom is -0.336 e. The van der Waals surface area contributed by atoms with Gasteiger partial charge in [0.15, 0.2) is 0 Å². The number of rotatable bonds is 9. The number of amides is 1. The highest BCUT2D eigenvalue weighted by Gasteiger charge is 2.25. The van der Waals surface area contributed by atoms with Gasteiger partial charge in [0, 0.05) is 23.3 Å². The average molecular weight is 468 g/mol. The summed E-state index contributed by atoms with van der Waals surface area (Å²) < 4.78 is 26.9. The molecule has 8 heteroatoms. The first-order chi connectivity index (χ1) is 15.3. The molecule has 32 heavy (non-hydrogen) atoms. The number of aryl methyl sites for hydroxylation is 1. The van der Waals surface area contributed by atoms with E-state index < -0.39 is 10.0 Å². The molecule has 166 valence electrons. The summed E-state index contributed by atoms with van der Waals surface area (Å²) in [6.07, 6.45) is 0.684. The molecule has 0 fully saturated rings. The highest BCUT2D eigenvalue weighted by molar-refractivity contribution is 7.89. The Bertz CT molecular complexity index is 1200. The molecule has 0 bridgehead atoms. The first kappa shape index (κ1) is 23.7. The summed E-state index contributed by atoms with van der Waals surface area (Å²) in [7, 11) is -2.45. The molecular weight excluding hydrogens is 442 g/mol. The van der Waals surface area contributed by atoms with Gasteiger partial charge in [-0.15, -0.1) is 11.3 Å². The normalized spacial score (nSPS) is 11.3. The van der Waals surface area contributed by atoms with Crippen LogP contribution in [-0.2, 0) is 27.8 Å². The van der Waals surface area contributed by atoms with Crippen LogP contribution < -0.4 is 0 Å². The van der Waals surface area contributed by atoms with Gasteiger partial charge in [0.2, 0.25) is 15.9 Å². The number of carbonyl (C=O) groups excluding carboxylic acids is 1. The Labute approximate surface area is 193 Å². The maximum atomic E-state index is 13.1. The topological polar surface area (TPSA) is 81.5 Å². The SMILES string of the molecule is Cc1ccc(CN(CCc2ccccc2)C(=O)CN(C)S(=O)(=O)c2ccc(C#N)cc2)s1. The largest absolute Gasteiger partial charge is 0.336 e. The minimum atomic E-state index is -3.85. The summed E-state index contributed by atoms with van der Waals surface area (Å²) in [5, 5.41) is 8.92. The van der Waals surface area contributed by atoms with Crippen molar-refractivity contribution in [3.63, 3.8) is 0 Å². The van der Waals surface area contributed by atoms with Gasteiger partial charge in [0.25, 0.3) is 0 Å². The van der Waals surface area contributed by atoms with Crippen LogP contribution >= 0.6 is 11.3 Å². The number of hydrogen-bond donors (Lipinski definition) is 0. The summed E-state index contributed by atoms with van der Waals surface area (Å²) in [5.41, 5.74) is 1.49. The van der Waals surface area contributed by atoms with E-state index in [-0.39, 0.29) is 17.3 Å². The molecule has 0 saturated carbocycles. The fourth-order valence-corrected chi connectivity index (χ4v) is 5.24. The van der Waals surface area contributed by atoms with Crippen LogP contribution in [-0.4, -0.2) is 43.7 Å². The highest BCUT2D eigenvalue weighted by Crippen LogP contribution is 2.19. The third-order valence-electron chi connectivity index (χ3n) is 5.06. The molecule has 0 N–H and O–H groups in total. The molecule has 0 radical (unpaired) electrons. The Morgan fingerprint density at radius 2 is 1.72 bits per heavy atom. The average Bonchev–Trinajstić information content (AvgIpc) is 3.21. The second kappa shape index (κ2) is 10.6. The van der Waals surface area contributed by atoms with E-state index in [0.717, 1.165) is 19.6 Å². The van der Waals surface area contributed by atoms with Crippen LogP contribution in [0.15, 0.2) is 71.6 Å². The first-order valence-corrected chi connectivity index (χ1v) is 12.4. The van der Waals surface area contributed by atoms with Crippen LogP contribution in [0.2, 0.25) is 0 Å². The molecule has 0 saturated heterocycles. The van der Waals surface area contributed by atoms with Crippen molar-refractivity contribution in [2.24, 2.45) is 0 Å². The van der Waals surface area contributed by atoms with Crippen LogP contribution in [0.4, 0.5) is 0 Å². The quantitative estimate of drug-likeness (QED) is 0.479. The van der Waals surface area contributed by atoms with Gasteiger partial charge in [-0.3, -0.25) is 4.79 Å². The van der Waals surface area contributed by atoms with Gasteiger partial charge in [0.1, 0.15) is 0 Å². The first-order valence-electron chi connectivity index (χ1n) is 10.1. The van der Waals surface area contributed by atoms with Crippen molar-refractivity contribution < 1.29 is 13.2 Å². The minimum absolute atomic E-state index is 0.0523. The molecule has 0 aliphatic heterocycles. The third kappa shape index (κ3) is 6.04. The fourth-order valence-electron chi connectivity index (χ4n) is 3.22. The predicted octanol–water partition coefficient (Wildman–Crippen LogP) is 3.82. The van der Waals surface area contributed by atoms with E-state index >= 15 is 0 Å². The summed E-state index contributed by atoms with van der Waals surface area (Å²) >= 11 is 1.63. The number of hydrogen-bond acceptors (Lipinski definition) is 5. The van der Waals surface area contributed by atoms with Gasteiger partial charge >= 0.3 is 0 Å². The second-order valence-corrected chi connectivity index (χ2v) is 10.9. The van der Waals surface area contributed by atoms with Gasteiger partial charge in [-0.1, -0.05) is 30.3 Å². The van der Waals surface area contributed by atoms with E-state index in [0.29, 0.717) is 25.1 Å². The lowest BCUT2D eigenvalue weighted by Gasteiger charge is -2.25. The summed E-state index contributed by atoms with van der Waals surface area (Å²) in [6.45, 7) is 2.68. The van der Waals surface area contributed by atoms with Gasteiger partial charge in [-0.2, -0.15) is 9.57 Å². The number of thiophene rings is 1. The molecule has 0 unspecified atom stereocenters. The third-order valence-corrected chi connectivity index (χ3v) is 7.86. The molecule has 1 amide bonds. The zero-order valence-electron chi connectivity index (χ0n) is 18.1. The van der Waals surface area contributed by atoms with E-state index in [1.165, 1.54) is 31.3 Å². The molecule has 0 aliphatic carbocycles. The van der Waals surface area contributed by atoms with Crippen LogP contribution in [0.25, 0.3) is 0 Å². The second-order valence-electron chi connectivity index (χ2n) is 7.46. The number of benzene rings is 2. The zero-order valence-corrected chi connectivity index (χ0v) is 19.7. The van der Waals surface area contributed by atoms with Crippen molar-refractivity contribution in [1.29, 1.82) is 5.26 Å². The van der Waals surface area contributed by atoms with Crippen LogP contribution in [0.3, 0.4) is 0 Å². The number of carbonyl (C=O) groups is 1.